The summed E-state index contributed by atoms with van der Waals surface area (Å²) in [5.74, 6) is 0.148. The lowest BCUT2D eigenvalue weighted by Crippen LogP contribution is -2.45. The highest BCUT2D eigenvalue weighted by molar-refractivity contribution is 5.94. The lowest BCUT2D eigenvalue weighted by Gasteiger charge is -2.36. The van der Waals surface area contributed by atoms with Crippen molar-refractivity contribution in [3.8, 4) is 0 Å². The second-order valence-corrected chi connectivity index (χ2v) is 5.45. The van der Waals surface area contributed by atoms with Gasteiger partial charge in [-0.1, -0.05) is 24.6 Å². The van der Waals surface area contributed by atoms with Crippen LogP contribution in [0.5, 0.6) is 0 Å². The van der Waals surface area contributed by atoms with Crippen molar-refractivity contribution in [2.45, 2.75) is 32.7 Å². The summed E-state index contributed by atoms with van der Waals surface area (Å²) in [5, 5.41) is 0. The number of piperidine rings is 1. The normalized spacial score (nSPS) is 17.4. The molecule has 0 aliphatic carbocycles. The van der Waals surface area contributed by atoms with Crippen molar-refractivity contribution in [2.75, 3.05) is 26.7 Å². The van der Waals surface area contributed by atoms with Crippen molar-refractivity contribution in [3.63, 3.8) is 0 Å². The summed E-state index contributed by atoms with van der Waals surface area (Å²) < 4.78 is 0. The Labute approximate surface area is 116 Å². The fourth-order valence-electron chi connectivity index (χ4n) is 2.69. The molecule has 0 aromatic heterocycles. The van der Waals surface area contributed by atoms with E-state index < -0.39 is 0 Å². The fourth-order valence-corrected chi connectivity index (χ4v) is 2.69. The standard InChI is InChI=1S/C16H24N2O/c1-4-18-11-9-15(10-12-18)17(3)16(19)14-7-5-13(2)6-8-14/h5-8,15H,4,9-12H2,1-3H3. The Kier molecular flexibility index (Phi) is 4.59. The first kappa shape index (κ1) is 14.1. The van der Waals surface area contributed by atoms with Gasteiger partial charge >= 0.3 is 0 Å². The van der Waals surface area contributed by atoms with Gasteiger partial charge < -0.3 is 9.80 Å². The van der Waals surface area contributed by atoms with Crippen LogP contribution in [0.1, 0.15) is 35.7 Å². The van der Waals surface area contributed by atoms with Crippen LogP contribution >= 0.6 is 0 Å². The molecule has 1 aromatic carbocycles. The van der Waals surface area contributed by atoms with E-state index in [4.69, 9.17) is 0 Å². The van der Waals surface area contributed by atoms with Gasteiger partial charge in [0.25, 0.3) is 5.91 Å². The van der Waals surface area contributed by atoms with Gasteiger partial charge in [-0.2, -0.15) is 0 Å². The molecule has 0 bridgehead atoms. The maximum atomic E-state index is 12.4. The minimum atomic E-state index is 0.148. The highest BCUT2D eigenvalue weighted by atomic mass is 16.2. The van der Waals surface area contributed by atoms with E-state index in [-0.39, 0.29) is 5.91 Å². The van der Waals surface area contributed by atoms with Gasteiger partial charge in [-0.3, -0.25) is 4.79 Å². The van der Waals surface area contributed by atoms with Crippen LogP contribution in [0.2, 0.25) is 0 Å². The number of likely N-dealkylation sites (tertiary alicyclic amines) is 1. The summed E-state index contributed by atoms with van der Waals surface area (Å²) in [6.45, 7) is 7.56. The molecule has 0 spiro atoms. The smallest absolute Gasteiger partial charge is 0.253 e. The molecule has 0 radical (unpaired) electrons. The zero-order valence-corrected chi connectivity index (χ0v) is 12.2. The summed E-state index contributed by atoms with van der Waals surface area (Å²) in [6.07, 6.45) is 2.17. The van der Waals surface area contributed by atoms with Crippen molar-refractivity contribution in [1.29, 1.82) is 0 Å². The van der Waals surface area contributed by atoms with Crippen LogP contribution in [0, 0.1) is 6.92 Å². The molecule has 0 unspecified atom stereocenters. The lowest BCUT2D eigenvalue weighted by atomic mass is 10.0. The summed E-state index contributed by atoms with van der Waals surface area (Å²) in [7, 11) is 1.94. The Balaban J connectivity index is 1.98. The van der Waals surface area contributed by atoms with E-state index in [1.54, 1.807) is 0 Å². The van der Waals surface area contributed by atoms with Gasteiger partial charge in [0, 0.05) is 31.7 Å². The zero-order chi connectivity index (χ0) is 13.8. The molecule has 1 aliphatic heterocycles. The Morgan fingerprint density at radius 3 is 2.37 bits per heavy atom. The van der Waals surface area contributed by atoms with Crippen LogP contribution in [0.25, 0.3) is 0 Å². The van der Waals surface area contributed by atoms with Crippen LogP contribution in [-0.4, -0.2) is 48.4 Å². The third-order valence-electron chi connectivity index (χ3n) is 4.17. The van der Waals surface area contributed by atoms with Crippen molar-refractivity contribution in [1.82, 2.24) is 9.80 Å². The van der Waals surface area contributed by atoms with E-state index in [0.717, 1.165) is 38.0 Å². The number of hydrogen-bond donors (Lipinski definition) is 0. The molecule has 3 heteroatoms. The molecule has 1 heterocycles. The van der Waals surface area contributed by atoms with Crippen LogP contribution in [0.4, 0.5) is 0 Å². The molecule has 2 rings (SSSR count). The lowest BCUT2D eigenvalue weighted by molar-refractivity contribution is 0.0647. The molecule has 1 aliphatic rings. The summed E-state index contributed by atoms with van der Waals surface area (Å²) in [5.41, 5.74) is 1.99. The van der Waals surface area contributed by atoms with Gasteiger partial charge in [0.1, 0.15) is 0 Å². The van der Waals surface area contributed by atoms with E-state index >= 15 is 0 Å². The van der Waals surface area contributed by atoms with Gasteiger partial charge in [0.2, 0.25) is 0 Å². The minimum absolute atomic E-state index is 0.148. The van der Waals surface area contributed by atoms with Crippen LogP contribution in [0.3, 0.4) is 0 Å². The number of benzene rings is 1. The predicted molar refractivity (Wildman–Crippen MR) is 78.4 cm³/mol. The maximum absolute atomic E-state index is 12.4. The fraction of sp³-hybridized carbons (Fsp3) is 0.562. The molecular weight excluding hydrogens is 236 g/mol. The summed E-state index contributed by atoms with van der Waals surface area (Å²) in [4.78, 5) is 16.8. The third kappa shape index (κ3) is 3.35. The average molecular weight is 260 g/mol. The zero-order valence-electron chi connectivity index (χ0n) is 12.2. The van der Waals surface area contributed by atoms with Crippen molar-refractivity contribution < 1.29 is 4.79 Å². The second-order valence-electron chi connectivity index (χ2n) is 5.45. The topological polar surface area (TPSA) is 23.6 Å². The van der Waals surface area contributed by atoms with E-state index in [1.807, 2.05) is 43.1 Å². The highest BCUT2D eigenvalue weighted by Crippen LogP contribution is 2.17. The molecule has 1 amide bonds. The van der Waals surface area contributed by atoms with E-state index in [9.17, 15) is 4.79 Å². The van der Waals surface area contributed by atoms with Crippen LogP contribution < -0.4 is 0 Å². The predicted octanol–water partition coefficient (Wildman–Crippen LogP) is 2.55. The molecule has 0 atom stereocenters. The number of carbonyl (C=O) groups is 1. The van der Waals surface area contributed by atoms with Crippen molar-refractivity contribution in [2.24, 2.45) is 0 Å². The number of aryl methyl sites for hydroxylation is 1. The molecular formula is C16H24N2O. The van der Waals surface area contributed by atoms with Crippen LogP contribution in [-0.2, 0) is 0 Å². The summed E-state index contributed by atoms with van der Waals surface area (Å²) >= 11 is 0. The Hall–Kier alpha value is -1.35. The van der Waals surface area contributed by atoms with Gasteiger partial charge in [0.15, 0.2) is 0 Å². The maximum Gasteiger partial charge on any atom is 0.253 e. The molecule has 0 N–H and O–H groups in total. The largest absolute Gasteiger partial charge is 0.339 e. The summed E-state index contributed by atoms with van der Waals surface area (Å²) in [6, 6.07) is 8.24. The first-order valence-electron chi connectivity index (χ1n) is 7.18. The number of nitrogens with zero attached hydrogens (tertiary/aromatic N) is 2. The molecule has 0 saturated carbocycles. The molecule has 19 heavy (non-hydrogen) atoms. The number of carbonyl (C=O) groups excluding carboxylic acids is 1. The quantitative estimate of drug-likeness (QED) is 0.834. The molecule has 1 saturated heterocycles. The monoisotopic (exact) mass is 260 g/mol. The molecule has 3 nitrogen and oxygen atoms in total. The van der Waals surface area contributed by atoms with Gasteiger partial charge in [-0.05, 0) is 38.4 Å². The van der Waals surface area contributed by atoms with Crippen molar-refractivity contribution >= 4 is 5.91 Å². The van der Waals surface area contributed by atoms with Gasteiger partial charge in [-0.15, -0.1) is 0 Å². The first-order chi connectivity index (χ1) is 9.11. The van der Waals surface area contributed by atoms with Crippen molar-refractivity contribution in [3.05, 3.63) is 35.4 Å². The molecule has 104 valence electrons. The van der Waals surface area contributed by atoms with Gasteiger partial charge in [0.05, 0.1) is 0 Å². The van der Waals surface area contributed by atoms with E-state index in [0.29, 0.717) is 6.04 Å². The Bertz CT molecular complexity index is 419. The minimum Gasteiger partial charge on any atom is -0.339 e. The highest BCUT2D eigenvalue weighted by Gasteiger charge is 2.25. The van der Waals surface area contributed by atoms with Crippen LogP contribution in [0.15, 0.2) is 24.3 Å². The second kappa shape index (κ2) is 6.20. The number of rotatable bonds is 3. The SMILES string of the molecule is CCN1CCC(N(C)C(=O)c2ccc(C)cc2)CC1. The Morgan fingerprint density at radius 2 is 1.84 bits per heavy atom. The van der Waals surface area contributed by atoms with E-state index in [1.165, 1.54) is 5.56 Å². The van der Waals surface area contributed by atoms with Gasteiger partial charge in [-0.25, -0.2) is 0 Å². The third-order valence-corrected chi connectivity index (χ3v) is 4.17. The Morgan fingerprint density at radius 1 is 1.26 bits per heavy atom. The number of hydrogen-bond acceptors (Lipinski definition) is 2. The molecule has 1 fully saturated rings. The first-order valence-corrected chi connectivity index (χ1v) is 7.18. The average Bonchev–Trinajstić information content (AvgIpc) is 2.46. The number of amides is 1. The molecule has 1 aromatic rings. The van der Waals surface area contributed by atoms with E-state index in [2.05, 4.69) is 11.8 Å².